The van der Waals surface area contributed by atoms with Crippen molar-refractivity contribution in [3.8, 4) is 5.75 Å². The third-order valence-corrected chi connectivity index (χ3v) is 3.98. The summed E-state index contributed by atoms with van der Waals surface area (Å²) in [4.78, 5) is 16.4. The second kappa shape index (κ2) is 5.42. The first-order valence-electron chi connectivity index (χ1n) is 7.13. The number of fused-ring (bicyclic) bond motifs is 1. The molecule has 3 rings (SSSR count). The fourth-order valence-electron chi connectivity index (χ4n) is 2.77. The summed E-state index contributed by atoms with van der Waals surface area (Å²) in [6.45, 7) is 6.58. The molecule has 5 heteroatoms. The summed E-state index contributed by atoms with van der Waals surface area (Å²) in [6, 6.07) is 5.97. The summed E-state index contributed by atoms with van der Waals surface area (Å²) in [5.41, 5.74) is 2.00. The molecule has 2 aliphatic heterocycles. The monoisotopic (exact) mass is 275 g/mol. The first-order chi connectivity index (χ1) is 9.65. The van der Waals surface area contributed by atoms with Crippen LogP contribution in [0.1, 0.15) is 5.56 Å². The van der Waals surface area contributed by atoms with Gasteiger partial charge in [0, 0.05) is 39.8 Å². The first-order valence-corrected chi connectivity index (χ1v) is 7.13. The van der Waals surface area contributed by atoms with E-state index in [-0.39, 0.29) is 5.91 Å². The number of nitrogens with one attached hydrogen (secondary N) is 1. The molecule has 1 N–H and O–H groups in total. The van der Waals surface area contributed by atoms with E-state index in [1.165, 1.54) is 0 Å². The molecule has 1 atom stereocenters. The molecule has 1 unspecified atom stereocenters. The molecule has 2 aliphatic rings. The lowest BCUT2D eigenvalue weighted by molar-refractivity contribution is -0.127. The highest BCUT2D eigenvalue weighted by Gasteiger charge is 2.33. The van der Waals surface area contributed by atoms with Crippen LogP contribution in [0.4, 0.5) is 5.69 Å². The van der Waals surface area contributed by atoms with Crippen molar-refractivity contribution in [3.63, 3.8) is 0 Å². The number of hydrogen-bond acceptors (Lipinski definition) is 4. The lowest BCUT2D eigenvalue weighted by atomic mass is 10.1. The van der Waals surface area contributed by atoms with E-state index < -0.39 is 6.10 Å². The second-order valence-electron chi connectivity index (χ2n) is 5.53. The topological polar surface area (TPSA) is 44.8 Å². The standard InChI is InChI=1S/C15H21N3O2/c1-11-3-4-13-12(9-11)17(2)15(19)14(20-13)10-18-7-5-16-6-8-18/h3-4,9,14,16H,5-8,10H2,1-2H3. The van der Waals surface area contributed by atoms with Gasteiger partial charge in [0.05, 0.1) is 5.69 Å². The van der Waals surface area contributed by atoms with E-state index in [1.54, 1.807) is 4.90 Å². The van der Waals surface area contributed by atoms with Crippen LogP contribution in [-0.4, -0.2) is 56.7 Å². The number of carbonyl (C=O) groups is 1. The van der Waals surface area contributed by atoms with Gasteiger partial charge < -0.3 is 15.0 Å². The molecule has 0 aromatic heterocycles. The molecular formula is C15H21N3O2. The highest BCUT2D eigenvalue weighted by atomic mass is 16.5. The van der Waals surface area contributed by atoms with Crippen molar-refractivity contribution in [2.24, 2.45) is 0 Å². The van der Waals surface area contributed by atoms with Gasteiger partial charge in [-0.25, -0.2) is 0 Å². The SMILES string of the molecule is Cc1ccc2c(c1)N(C)C(=O)C(CN1CCNCC1)O2. The molecule has 1 aromatic rings. The minimum Gasteiger partial charge on any atom is -0.477 e. The van der Waals surface area contributed by atoms with E-state index in [4.69, 9.17) is 4.74 Å². The molecule has 108 valence electrons. The van der Waals surface area contributed by atoms with Gasteiger partial charge in [0.2, 0.25) is 0 Å². The van der Waals surface area contributed by atoms with E-state index in [1.807, 2.05) is 32.2 Å². The van der Waals surface area contributed by atoms with Crippen molar-refractivity contribution in [2.75, 3.05) is 44.7 Å². The van der Waals surface area contributed by atoms with Gasteiger partial charge >= 0.3 is 0 Å². The molecule has 1 aromatic carbocycles. The summed E-state index contributed by atoms with van der Waals surface area (Å²) in [7, 11) is 1.83. The normalized spacial score (nSPS) is 23.4. The molecule has 20 heavy (non-hydrogen) atoms. The van der Waals surface area contributed by atoms with Gasteiger partial charge in [-0.15, -0.1) is 0 Å². The Balaban J connectivity index is 1.77. The number of likely N-dealkylation sites (N-methyl/N-ethyl adjacent to an activating group) is 1. The molecule has 5 nitrogen and oxygen atoms in total. The van der Waals surface area contributed by atoms with Crippen LogP contribution in [0.2, 0.25) is 0 Å². The van der Waals surface area contributed by atoms with E-state index in [2.05, 4.69) is 10.2 Å². The van der Waals surface area contributed by atoms with Crippen molar-refractivity contribution in [1.29, 1.82) is 0 Å². The van der Waals surface area contributed by atoms with E-state index in [0.29, 0.717) is 6.54 Å². The van der Waals surface area contributed by atoms with Gasteiger partial charge in [0.25, 0.3) is 5.91 Å². The lowest BCUT2D eigenvalue weighted by Crippen LogP contribution is -2.53. The Labute approximate surface area is 119 Å². The predicted octanol–water partition coefficient (Wildman–Crippen LogP) is 0.624. The summed E-state index contributed by atoms with van der Waals surface area (Å²) in [5, 5.41) is 3.32. The highest BCUT2D eigenvalue weighted by Crippen LogP contribution is 2.33. The Morgan fingerprint density at radius 2 is 2.10 bits per heavy atom. The fourth-order valence-corrected chi connectivity index (χ4v) is 2.77. The summed E-state index contributed by atoms with van der Waals surface area (Å²) >= 11 is 0. The van der Waals surface area contributed by atoms with E-state index >= 15 is 0 Å². The van der Waals surface area contributed by atoms with Gasteiger partial charge in [-0.05, 0) is 24.6 Å². The quantitative estimate of drug-likeness (QED) is 0.859. The number of anilines is 1. The molecule has 0 aliphatic carbocycles. The van der Waals surface area contributed by atoms with Crippen LogP contribution in [0.25, 0.3) is 0 Å². The molecule has 0 saturated carbocycles. The lowest BCUT2D eigenvalue weighted by Gasteiger charge is -2.36. The van der Waals surface area contributed by atoms with Gasteiger partial charge in [0.1, 0.15) is 5.75 Å². The van der Waals surface area contributed by atoms with Gasteiger partial charge in [-0.3, -0.25) is 9.69 Å². The fraction of sp³-hybridized carbons (Fsp3) is 0.533. The zero-order valence-corrected chi connectivity index (χ0v) is 12.1. The van der Waals surface area contributed by atoms with Crippen LogP contribution >= 0.6 is 0 Å². The number of carbonyl (C=O) groups excluding carboxylic acids is 1. The summed E-state index contributed by atoms with van der Waals surface area (Å²) in [5.74, 6) is 0.847. The van der Waals surface area contributed by atoms with Crippen molar-refractivity contribution >= 4 is 11.6 Å². The number of hydrogen-bond donors (Lipinski definition) is 1. The molecule has 0 radical (unpaired) electrons. The van der Waals surface area contributed by atoms with Crippen LogP contribution in [0.5, 0.6) is 5.75 Å². The van der Waals surface area contributed by atoms with Crippen LogP contribution in [0, 0.1) is 6.92 Å². The number of ether oxygens (including phenoxy) is 1. The minimum atomic E-state index is -0.395. The zero-order chi connectivity index (χ0) is 14.1. The average molecular weight is 275 g/mol. The number of rotatable bonds is 2. The van der Waals surface area contributed by atoms with Crippen molar-refractivity contribution in [1.82, 2.24) is 10.2 Å². The Bertz CT molecular complexity index is 512. The zero-order valence-electron chi connectivity index (χ0n) is 12.1. The Kier molecular flexibility index (Phi) is 3.63. The summed E-state index contributed by atoms with van der Waals surface area (Å²) in [6.07, 6.45) is -0.395. The van der Waals surface area contributed by atoms with Crippen molar-refractivity contribution < 1.29 is 9.53 Å². The number of aryl methyl sites for hydroxylation is 1. The maximum Gasteiger partial charge on any atom is 0.269 e. The maximum absolute atomic E-state index is 12.4. The van der Waals surface area contributed by atoms with Crippen LogP contribution in [0.3, 0.4) is 0 Å². The maximum atomic E-state index is 12.4. The highest BCUT2D eigenvalue weighted by molar-refractivity contribution is 5.99. The predicted molar refractivity (Wildman–Crippen MR) is 78.3 cm³/mol. The van der Waals surface area contributed by atoms with Gasteiger partial charge in [-0.2, -0.15) is 0 Å². The van der Waals surface area contributed by atoms with E-state index in [9.17, 15) is 4.79 Å². The third kappa shape index (κ3) is 2.51. The number of amides is 1. The summed E-state index contributed by atoms with van der Waals surface area (Å²) < 4.78 is 5.92. The molecule has 2 heterocycles. The molecule has 1 saturated heterocycles. The molecule has 1 fully saturated rings. The number of nitrogens with zero attached hydrogens (tertiary/aromatic N) is 2. The Morgan fingerprint density at radius 3 is 2.85 bits per heavy atom. The first kappa shape index (κ1) is 13.4. The van der Waals surface area contributed by atoms with E-state index in [0.717, 1.165) is 43.2 Å². The smallest absolute Gasteiger partial charge is 0.269 e. The number of benzene rings is 1. The molecule has 1 amide bonds. The molecular weight excluding hydrogens is 254 g/mol. The molecule has 0 bridgehead atoms. The van der Waals surface area contributed by atoms with Gasteiger partial charge in [-0.1, -0.05) is 6.07 Å². The Morgan fingerprint density at radius 1 is 1.35 bits per heavy atom. The average Bonchev–Trinajstić information content (AvgIpc) is 2.46. The molecule has 0 spiro atoms. The van der Waals surface area contributed by atoms with Crippen LogP contribution < -0.4 is 15.0 Å². The van der Waals surface area contributed by atoms with Crippen LogP contribution in [0.15, 0.2) is 18.2 Å². The second-order valence-corrected chi connectivity index (χ2v) is 5.53. The van der Waals surface area contributed by atoms with Crippen molar-refractivity contribution in [3.05, 3.63) is 23.8 Å². The Hall–Kier alpha value is -1.59. The van der Waals surface area contributed by atoms with Crippen molar-refractivity contribution in [2.45, 2.75) is 13.0 Å². The van der Waals surface area contributed by atoms with Crippen LogP contribution in [-0.2, 0) is 4.79 Å². The minimum absolute atomic E-state index is 0.0432. The number of piperazine rings is 1. The largest absolute Gasteiger partial charge is 0.477 e. The van der Waals surface area contributed by atoms with Gasteiger partial charge in [0.15, 0.2) is 6.10 Å². The third-order valence-electron chi connectivity index (χ3n) is 3.98.